The summed E-state index contributed by atoms with van der Waals surface area (Å²) in [7, 11) is 0. The molecule has 3 N–H and O–H groups in total. The molecule has 4 nitrogen and oxygen atoms in total. The van der Waals surface area contributed by atoms with Gasteiger partial charge in [0, 0.05) is 10.6 Å². The third kappa shape index (κ3) is 5.19. The minimum atomic E-state index is 0. The summed E-state index contributed by atoms with van der Waals surface area (Å²) in [4.78, 5) is 8.50. The van der Waals surface area contributed by atoms with Crippen LogP contribution in [0, 0.1) is 6.92 Å². The van der Waals surface area contributed by atoms with Crippen LogP contribution in [0.2, 0.25) is 0 Å². The van der Waals surface area contributed by atoms with E-state index < -0.39 is 0 Å². The standard InChI is InChI=1S/C18H24N4S.HI/c1-14-6-4-7-15(12-14)21-18(19)20-13-16(17-8-5-11-23-17)22-9-2-3-10-22;/h4-8,11-12,16H,2-3,9-10,13H2,1H3,(H3,19,20,21);1H. The fraction of sp³-hybridized carbons (Fsp3) is 0.389. The zero-order valence-electron chi connectivity index (χ0n) is 13.9. The zero-order valence-corrected chi connectivity index (χ0v) is 17.1. The molecule has 24 heavy (non-hydrogen) atoms. The first-order valence-electron chi connectivity index (χ1n) is 8.13. The maximum atomic E-state index is 6.08. The number of aryl methyl sites for hydroxylation is 1. The molecule has 1 aliphatic heterocycles. The van der Waals surface area contributed by atoms with Gasteiger partial charge in [-0.2, -0.15) is 0 Å². The molecule has 2 heterocycles. The Kier molecular flexibility index (Phi) is 7.51. The summed E-state index contributed by atoms with van der Waals surface area (Å²) >= 11 is 1.80. The molecule has 130 valence electrons. The molecule has 0 aliphatic carbocycles. The number of hydrogen-bond acceptors (Lipinski definition) is 3. The molecule has 1 aliphatic rings. The number of nitrogens with one attached hydrogen (secondary N) is 1. The number of thiophene rings is 1. The molecule has 0 amide bonds. The van der Waals surface area contributed by atoms with Gasteiger partial charge in [-0.15, -0.1) is 35.3 Å². The highest BCUT2D eigenvalue weighted by atomic mass is 127. The molecule has 1 saturated heterocycles. The van der Waals surface area contributed by atoms with E-state index in [1.807, 2.05) is 12.1 Å². The molecule has 0 spiro atoms. The van der Waals surface area contributed by atoms with E-state index in [0.29, 0.717) is 18.5 Å². The molecular weight excluding hydrogens is 431 g/mol. The number of nitrogens with zero attached hydrogens (tertiary/aromatic N) is 2. The van der Waals surface area contributed by atoms with E-state index >= 15 is 0 Å². The summed E-state index contributed by atoms with van der Waals surface area (Å²) in [5.41, 5.74) is 8.27. The number of guanidine groups is 1. The Morgan fingerprint density at radius 3 is 2.75 bits per heavy atom. The van der Waals surface area contributed by atoms with Crippen LogP contribution in [-0.2, 0) is 0 Å². The summed E-state index contributed by atoms with van der Waals surface area (Å²) in [5.74, 6) is 0.483. The highest BCUT2D eigenvalue weighted by molar-refractivity contribution is 14.0. The van der Waals surface area contributed by atoms with Crippen molar-refractivity contribution >= 4 is 47.0 Å². The lowest BCUT2D eigenvalue weighted by Crippen LogP contribution is -2.29. The Labute approximate surface area is 165 Å². The topological polar surface area (TPSA) is 53.6 Å². The number of aliphatic imine (C=N–C) groups is 1. The number of hydrogen-bond donors (Lipinski definition) is 2. The Balaban J connectivity index is 0.00000208. The lowest BCUT2D eigenvalue weighted by Gasteiger charge is -2.25. The van der Waals surface area contributed by atoms with E-state index in [-0.39, 0.29) is 24.0 Å². The monoisotopic (exact) mass is 456 g/mol. The first-order valence-corrected chi connectivity index (χ1v) is 9.01. The highest BCUT2D eigenvalue weighted by Gasteiger charge is 2.23. The Morgan fingerprint density at radius 2 is 2.08 bits per heavy atom. The minimum absolute atomic E-state index is 0. The van der Waals surface area contributed by atoms with Gasteiger partial charge in [0.15, 0.2) is 5.96 Å². The van der Waals surface area contributed by atoms with E-state index in [4.69, 9.17) is 5.73 Å². The molecule has 1 aromatic carbocycles. The van der Waals surface area contributed by atoms with Crippen molar-refractivity contribution in [2.24, 2.45) is 10.7 Å². The van der Waals surface area contributed by atoms with Crippen LogP contribution in [0.15, 0.2) is 46.8 Å². The molecule has 0 radical (unpaired) electrons. The molecule has 6 heteroatoms. The number of halogens is 1. The van der Waals surface area contributed by atoms with Crippen molar-refractivity contribution in [3.63, 3.8) is 0 Å². The number of anilines is 1. The van der Waals surface area contributed by atoms with Gasteiger partial charge >= 0.3 is 0 Å². The predicted molar refractivity (Wildman–Crippen MR) is 115 cm³/mol. The van der Waals surface area contributed by atoms with Gasteiger partial charge in [-0.3, -0.25) is 9.89 Å². The van der Waals surface area contributed by atoms with Gasteiger partial charge in [0.25, 0.3) is 0 Å². The predicted octanol–water partition coefficient (Wildman–Crippen LogP) is 4.24. The van der Waals surface area contributed by atoms with Crippen molar-refractivity contribution in [2.75, 3.05) is 25.0 Å². The average Bonchev–Trinajstić information content (AvgIpc) is 3.21. The lowest BCUT2D eigenvalue weighted by atomic mass is 10.2. The van der Waals surface area contributed by atoms with E-state index in [9.17, 15) is 0 Å². The molecule has 0 saturated carbocycles. The fourth-order valence-corrected chi connectivity index (χ4v) is 3.87. The summed E-state index contributed by atoms with van der Waals surface area (Å²) in [5, 5.41) is 5.32. The van der Waals surface area contributed by atoms with Crippen LogP contribution >= 0.6 is 35.3 Å². The molecule has 1 aromatic heterocycles. The van der Waals surface area contributed by atoms with Crippen molar-refractivity contribution in [3.8, 4) is 0 Å². The van der Waals surface area contributed by atoms with E-state index in [1.54, 1.807) is 11.3 Å². The third-order valence-electron chi connectivity index (χ3n) is 4.18. The van der Waals surface area contributed by atoms with Crippen molar-refractivity contribution < 1.29 is 0 Å². The van der Waals surface area contributed by atoms with Crippen molar-refractivity contribution in [1.82, 2.24) is 4.90 Å². The first-order chi connectivity index (χ1) is 11.2. The zero-order chi connectivity index (χ0) is 16.1. The van der Waals surface area contributed by atoms with E-state index in [1.165, 1.54) is 23.3 Å². The molecule has 1 unspecified atom stereocenters. The Bertz CT molecular complexity index is 651. The van der Waals surface area contributed by atoms with Crippen LogP contribution < -0.4 is 11.1 Å². The Morgan fingerprint density at radius 1 is 1.29 bits per heavy atom. The van der Waals surface area contributed by atoms with Crippen LogP contribution in [0.1, 0.15) is 29.3 Å². The third-order valence-corrected chi connectivity index (χ3v) is 5.15. The first kappa shape index (κ1) is 19.2. The molecular formula is C18H25IN4S. The van der Waals surface area contributed by atoms with Gasteiger partial charge < -0.3 is 11.1 Å². The van der Waals surface area contributed by atoms with Gasteiger partial charge in [-0.25, -0.2) is 0 Å². The quantitative estimate of drug-likeness (QED) is 0.402. The lowest BCUT2D eigenvalue weighted by molar-refractivity contribution is 0.255. The second kappa shape index (κ2) is 9.39. The maximum absolute atomic E-state index is 6.08. The summed E-state index contributed by atoms with van der Waals surface area (Å²) in [6.45, 7) is 5.08. The van der Waals surface area contributed by atoms with Gasteiger partial charge in [-0.1, -0.05) is 18.2 Å². The maximum Gasteiger partial charge on any atom is 0.193 e. The Hall–Kier alpha value is -1.12. The summed E-state index contributed by atoms with van der Waals surface area (Å²) in [6.07, 6.45) is 2.56. The highest BCUT2D eigenvalue weighted by Crippen LogP contribution is 2.28. The fourth-order valence-electron chi connectivity index (χ4n) is 3.01. The van der Waals surface area contributed by atoms with Crippen molar-refractivity contribution in [3.05, 3.63) is 52.2 Å². The van der Waals surface area contributed by atoms with Crippen LogP contribution in [0.3, 0.4) is 0 Å². The van der Waals surface area contributed by atoms with Crippen molar-refractivity contribution in [2.45, 2.75) is 25.8 Å². The van der Waals surface area contributed by atoms with Crippen molar-refractivity contribution in [1.29, 1.82) is 0 Å². The van der Waals surface area contributed by atoms with Gasteiger partial charge in [0.05, 0.1) is 12.6 Å². The normalized spacial score (nSPS) is 16.6. The number of nitrogens with two attached hydrogens (primary N) is 1. The smallest absolute Gasteiger partial charge is 0.193 e. The molecule has 3 rings (SSSR count). The molecule has 1 atom stereocenters. The van der Waals surface area contributed by atoms with Crippen LogP contribution in [0.4, 0.5) is 5.69 Å². The van der Waals surface area contributed by atoms with Gasteiger partial charge in [0.1, 0.15) is 0 Å². The minimum Gasteiger partial charge on any atom is -0.370 e. The largest absolute Gasteiger partial charge is 0.370 e. The summed E-state index contributed by atoms with van der Waals surface area (Å²) < 4.78 is 0. The molecule has 2 aromatic rings. The van der Waals surface area contributed by atoms with Crippen LogP contribution in [0.5, 0.6) is 0 Å². The van der Waals surface area contributed by atoms with E-state index in [0.717, 1.165) is 18.8 Å². The van der Waals surface area contributed by atoms with Crippen LogP contribution in [0.25, 0.3) is 0 Å². The number of likely N-dealkylation sites (tertiary alicyclic amines) is 1. The van der Waals surface area contributed by atoms with Crippen LogP contribution in [-0.4, -0.2) is 30.5 Å². The molecule has 1 fully saturated rings. The molecule has 0 bridgehead atoms. The second-order valence-corrected chi connectivity index (χ2v) is 6.97. The number of rotatable bonds is 5. The SMILES string of the molecule is Cc1cccc(NC(N)=NCC(c2cccs2)N2CCCC2)c1.I. The number of benzene rings is 1. The summed E-state index contributed by atoms with van der Waals surface area (Å²) in [6, 6.07) is 12.8. The van der Waals surface area contributed by atoms with E-state index in [2.05, 4.69) is 51.8 Å². The van der Waals surface area contributed by atoms with Gasteiger partial charge in [0.2, 0.25) is 0 Å². The van der Waals surface area contributed by atoms with Gasteiger partial charge in [-0.05, 0) is 62.0 Å². The average molecular weight is 456 g/mol. The second-order valence-electron chi connectivity index (χ2n) is 5.99.